The van der Waals surface area contributed by atoms with E-state index in [2.05, 4.69) is 22.2 Å². The minimum absolute atomic E-state index is 0.186. The van der Waals surface area contributed by atoms with Crippen LogP contribution in [0.3, 0.4) is 0 Å². The summed E-state index contributed by atoms with van der Waals surface area (Å²) in [7, 11) is 2.09. The third-order valence-electron chi connectivity index (χ3n) is 4.18. The van der Waals surface area contributed by atoms with Crippen molar-refractivity contribution in [3.8, 4) is 0 Å². The fourth-order valence-electron chi connectivity index (χ4n) is 2.91. The summed E-state index contributed by atoms with van der Waals surface area (Å²) in [4.78, 5) is 18.6. The lowest BCUT2D eigenvalue weighted by Gasteiger charge is -2.20. The number of carbonyl (C=O) groups is 1. The van der Waals surface area contributed by atoms with Crippen LogP contribution in [0, 0.1) is 0 Å². The van der Waals surface area contributed by atoms with E-state index in [0.29, 0.717) is 22.5 Å². The van der Waals surface area contributed by atoms with Gasteiger partial charge in [-0.3, -0.25) is 9.69 Å². The first-order valence-electron chi connectivity index (χ1n) is 8.42. The van der Waals surface area contributed by atoms with Gasteiger partial charge in [-0.15, -0.1) is 0 Å². The van der Waals surface area contributed by atoms with E-state index in [1.54, 1.807) is 12.1 Å². The molecule has 0 aliphatic carbocycles. The highest BCUT2D eigenvalue weighted by Gasteiger charge is 2.17. The minimum Gasteiger partial charge on any atom is -0.377 e. The molecule has 0 saturated carbocycles. The van der Waals surface area contributed by atoms with Crippen molar-refractivity contribution in [1.82, 2.24) is 9.88 Å². The van der Waals surface area contributed by atoms with Crippen LogP contribution in [-0.4, -0.2) is 42.1 Å². The Morgan fingerprint density at radius 2 is 2.12 bits per heavy atom. The fourth-order valence-corrected chi connectivity index (χ4v) is 3.02. The smallest absolute Gasteiger partial charge is 0.256 e. The van der Waals surface area contributed by atoms with Gasteiger partial charge in [-0.25, -0.2) is 4.98 Å². The number of pyridine rings is 1. The molecule has 1 unspecified atom stereocenters. The number of benzene rings is 1. The second kappa shape index (κ2) is 8.43. The first kappa shape index (κ1) is 17.9. The number of carbonyl (C=O) groups excluding carboxylic acids is 1. The van der Waals surface area contributed by atoms with E-state index in [-0.39, 0.29) is 5.91 Å². The molecule has 0 radical (unpaired) electrons. The van der Waals surface area contributed by atoms with Gasteiger partial charge < -0.3 is 10.1 Å². The Kier molecular flexibility index (Phi) is 6.02. The molecule has 1 aliphatic rings. The van der Waals surface area contributed by atoms with Gasteiger partial charge in [0.05, 0.1) is 11.1 Å². The summed E-state index contributed by atoms with van der Waals surface area (Å²) in [6.07, 6.45) is 4.15. The molecule has 1 N–H and O–H groups in total. The number of aromatic nitrogens is 1. The molecular formula is C19H22ClN3O2. The highest BCUT2D eigenvalue weighted by atomic mass is 35.5. The number of anilines is 1. The lowest BCUT2D eigenvalue weighted by molar-refractivity contribution is 0.0793. The van der Waals surface area contributed by atoms with E-state index in [4.69, 9.17) is 16.3 Å². The van der Waals surface area contributed by atoms with Gasteiger partial charge >= 0.3 is 0 Å². The van der Waals surface area contributed by atoms with Crippen molar-refractivity contribution in [3.05, 3.63) is 58.7 Å². The van der Waals surface area contributed by atoms with Crippen LogP contribution in [0.1, 0.15) is 28.8 Å². The normalized spacial score (nSPS) is 17.0. The lowest BCUT2D eigenvalue weighted by Crippen LogP contribution is -2.28. The molecule has 25 heavy (non-hydrogen) atoms. The molecule has 0 spiro atoms. The van der Waals surface area contributed by atoms with Crippen molar-refractivity contribution in [2.24, 2.45) is 0 Å². The van der Waals surface area contributed by atoms with Gasteiger partial charge in [0, 0.05) is 31.5 Å². The predicted molar refractivity (Wildman–Crippen MR) is 99.0 cm³/mol. The summed E-state index contributed by atoms with van der Waals surface area (Å²) in [5.41, 5.74) is 1.77. The van der Waals surface area contributed by atoms with Crippen molar-refractivity contribution in [2.45, 2.75) is 25.5 Å². The largest absolute Gasteiger partial charge is 0.377 e. The topological polar surface area (TPSA) is 54.5 Å². The second-order valence-electron chi connectivity index (χ2n) is 6.34. The highest BCUT2D eigenvalue weighted by molar-refractivity contribution is 6.30. The Morgan fingerprint density at radius 3 is 2.76 bits per heavy atom. The molecule has 1 aromatic heterocycles. The Labute approximate surface area is 153 Å². The van der Waals surface area contributed by atoms with Crippen LogP contribution in [-0.2, 0) is 11.3 Å². The number of nitrogens with one attached hydrogen (secondary N) is 1. The zero-order valence-electron chi connectivity index (χ0n) is 14.2. The molecule has 132 valence electrons. The molecule has 1 aliphatic heterocycles. The molecule has 6 heteroatoms. The second-order valence-corrected chi connectivity index (χ2v) is 6.78. The average molecular weight is 360 g/mol. The maximum atomic E-state index is 12.3. The van der Waals surface area contributed by atoms with E-state index < -0.39 is 0 Å². The maximum absolute atomic E-state index is 12.3. The predicted octanol–water partition coefficient (Wildman–Crippen LogP) is 3.60. The SMILES string of the molecule is CN(Cc1ccc(C(=O)Nc2ccc(Cl)cn2)cc1)CC1CCCO1. The van der Waals surface area contributed by atoms with Gasteiger partial charge in [0.25, 0.3) is 5.91 Å². The van der Waals surface area contributed by atoms with E-state index in [9.17, 15) is 4.79 Å². The van der Waals surface area contributed by atoms with Crippen LogP contribution >= 0.6 is 11.6 Å². The van der Waals surface area contributed by atoms with Crippen molar-refractivity contribution in [1.29, 1.82) is 0 Å². The van der Waals surface area contributed by atoms with Crippen molar-refractivity contribution >= 4 is 23.3 Å². The molecule has 5 nitrogen and oxygen atoms in total. The number of ether oxygens (including phenoxy) is 1. The zero-order valence-corrected chi connectivity index (χ0v) is 15.0. The molecule has 0 bridgehead atoms. The maximum Gasteiger partial charge on any atom is 0.256 e. The number of hydrogen-bond donors (Lipinski definition) is 1. The number of nitrogens with zero attached hydrogens (tertiary/aromatic N) is 2. The van der Waals surface area contributed by atoms with Crippen LogP contribution in [0.4, 0.5) is 5.82 Å². The summed E-state index contributed by atoms with van der Waals surface area (Å²) in [5.74, 6) is 0.295. The molecule has 1 atom stereocenters. The number of rotatable bonds is 6. The van der Waals surface area contributed by atoms with Crippen LogP contribution in [0.15, 0.2) is 42.6 Å². The van der Waals surface area contributed by atoms with Crippen molar-refractivity contribution < 1.29 is 9.53 Å². The van der Waals surface area contributed by atoms with Crippen LogP contribution < -0.4 is 5.32 Å². The van der Waals surface area contributed by atoms with E-state index >= 15 is 0 Å². The highest BCUT2D eigenvalue weighted by Crippen LogP contribution is 2.15. The molecule has 1 amide bonds. The van der Waals surface area contributed by atoms with Gasteiger partial charge in [-0.1, -0.05) is 23.7 Å². The summed E-state index contributed by atoms with van der Waals surface area (Å²) in [6.45, 7) is 2.65. The molecule has 3 rings (SSSR count). The van der Waals surface area contributed by atoms with Gasteiger partial charge in [0.2, 0.25) is 0 Å². The standard InChI is InChI=1S/C19H22ClN3O2/c1-23(13-17-3-2-10-25-17)12-14-4-6-15(7-5-14)19(24)22-18-9-8-16(20)11-21-18/h4-9,11,17H,2-3,10,12-13H2,1H3,(H,21,22,24). The molecule has 2 aromatic rings. The van der Waals surface area contributed by atoms with Crippen LogP contribution in [0.25, 0.3) is 0 Å². The van der Waals surface area contributed by atoms with Crippen LogP contribution in [0.5, 0.6) is 0 Å². The van der Waals surface area contributed by atoms with Crippen molar-refractivity contribution in [2.75, 3.05) is 25.5 Å². The first-order chi connectivity index (χ1) is 12.1. The zero-order chi connectivity index (χ0) is 17.6. The average Bonchev–Trinajstić information content (AvgIpc) is 3.10. The third kappa shape index (κ3) is 5.26. The third-order valence-corrected chi connectivity index (χ3v) is 4.40. The summed E-state index contributed by atoms with van der Waals surface area (Å²) < 4.78 is 5.67. The van der Waals surface area contributed by atoms with E-state index in [0.717, 1.165) is 32.5 Å². The molecule has 1 fully saturated rings. The van der Waals surface area contributed by atoms with Crippen LogP contribution in [0.2, 0.25) is 5.02 Å². The fraction of sp³-hybridized carbons (Fsp3) is 0.368. The summed E-state index contributed by atoms with van der Waals surface area (Å²) in [6, 6.07) is 11.0. The Bertz CT molecular complexity index is 698. The quantitative estimate of drug-likeness (QED) is 0.856. The van der Waals surface area contributed by atoms with E-state index in [1.165, 1.54) is 11.8 Å². The number of likely N-dealkylation sites (N-methyl/N-ethyl adjacent to an activating group) is 1. The summed E-state index contributed by atoms with van der Waals surface area (Å²) in [5, 5.41) is 3.29. The Morgan fingerprint density at radius 1 is 1.32 bits per heavy atom. The Hall–Kier alpha value is -1.95. The monoisotopic (exact) mass is 359 g/mol. The molecule has 2 heterocycles. The van der Waals surface area contributed by atoms with Crippen molar-refractivity contribution in [3.63, 3.8) is 0 Å². The summed E-state index contributed by atoms with van der Waals surface area (Å²) >= 11 is 5.79. The Balaban J connectivity index is 1.53. The molecular weight excluding hydrogens is 338 g/mol. The number of amides is 1. The first-order valence-corrected chi connectivity index (χ1v) is 8.80. The van der Waals surface area contributed by atoms with Gasteiger partial charge in [0.15, 0.2) is 0 Å². The van der Waals surface area contributed by atoms with E-state index in [1.807, 2.05) is 24.3 Å². The minimum atomic E-state index is -0.186. The number of halogens is 1. The number of hydrogen-bond acceptors (Lipinski definition) is 4. The van der Waals surface area contributed by atoms with Gasteiger partial charge in [0.1, 0.15) is 5.82 Å². The molecule has 1 aromatic carbocycles. The molecule has 1 saturated heterocycles. The van der Waals surface area contributed by atoms with Gasteiger partial charge in [-0.2, -0.15) is 0 Å². The lowest BCUT2D eigenvalue weighted by atomic mass is 10.1. The van der Waals surface area contributed by atoms with Gasteiger partial charge in [-0.05, 0) is 49.7 Å².